The van der Waals surface area contributed by atoms with Crippen LogP contribution in [-0.4, -0.2) is 29.6 Å². The molecule has 15 heavy (non-hydrogen) atoms. The van der Waals surface area contributed by atoms with Crippen LogP contribution in [0.4, 0.5) is 0 Å². The Morgan fingerprint density at radius 3 is 0.667 bits per heavy atom. The van der Waals surface area contributed by atoms with Crippen molar-refractivity contribution in [2.75, 3.05) is 0 Å². The van der Waals surface area contributed by atoms with E-state index >= 15 is 0 Å². The second-order valence-corrected chi connectivity index (χ2v) is 7.42. The zero-order valence-electron chi connectivity index (χ0n) is 6.41. The van der Waals surface area contributed by atoms with Crippen molar-refractivity contribution >= 4 is 29.6 Å². The molecule has 6 nitrogen and oxygen atoms in total. The number of hydrogen-bond acceptors (Lipinski definition) is 6. The molecule has 9 heteroatoms. The quantitative estimate of drug-likeness (QED) is 0.547. The molecule has 0 fully saturated rings. The Hall–Kier alpha value is -1.02. The summed E-state index contributed by atoms with van der Waals surface area (Å²) in [5, 5.41) is 51.5. The molecule has 0 aliphatic heterocycles. The fourth-order valence-corrected chi connectivity index (χ4v) is 1.09. The maximum absolute atomic E-state index is 8.58. The molecular weight excluding hydrogens is 290 g/mol. The van der Waals surface area contributed by atoms with Crippen LogP contribution in [0.25, 0.3) is 0 Å². The van der Waals surface area contributed by atoms with Crippen LogP contribution < -0.4 is 0 Å². The van der Waals surface area contributed by atoms with Gasteiger partial charge in [0.2, 0.25) is 0 Å². The van der Waals surface area contributed by atoms with Crippen molar-refractivity contribution in [2.24, 2.45) is 0 Å². The van der Waals surface area contributed by atoms with Gasteiger partial charge in [-0.1, -0.05) is 0 Å². The van der Waals surface area contributed by atoms with Crippen LogP contribution in [0.1, 0.15) is 0 Å². The van der Waals surface area contributed by atoms with E-state index in [1.807, 2.05) is 0 Å². The number of nitriles is 6. The van der Waals surface area contributed by atoms with Crippen molar-refractivity contribution in [3.05, 3.63) is 0 Å². The van der Waals surface area contributed by atoms with Gasteiger partial charge in [-0.15, -0.1) is 0 Å². The van der Waals surface area contributed by atoms with E-state index in [9.17, 15) is 0 Å². The Labute approximate surface area is 118 Å². The van der Waals surface area contributed by atoms with E-state index in [1.54, 1.807) is 0 Å². The molecule has 0 saturated carbocycles. The molecule has 0 aromatic carbocycles. The summed E-state index contributed by atoms with van der Waals surface area (Å²) >= 11 is 0. The third kappa shape index (κ3) is 1.86. The predicted octanol–water partition coefficient (Wildman–Crippen LogP) is -0.553. The Kier molecular flexibility index (Phi) is 6.08. The summed E-state index contributed by atoms with van der Waals surface area (Å²) in [5.41, 5.74) is 0. The van der Waals surface area contributed by atoms with E-state index in [2.05, 4.69) is 0 Å². The topological polar surface area (TPSA) is 143 Å². The summed E-state index contributed by atoms with van der Waals surface area (Å²) in [4.78, 5) is 6.19. The first-order valence-electron chi connectivity index (χ1n) is 2.40. The zero-order chi connectivity index (χ0) is 10.7. The summed E-state index contributed by atoms with van der Waals surface area (Å²) in [5.74, 6) is 0. The summed E-state index contributed by atoms with van der Waals surface area (Å²) in [7, 11) is -6.17. The van der Waals surface area contributed by atoms with E-state index in [4.69, 9.17) is 31.6 Å². The van der Waals surface area contributed by atoms with Crippen LogP contribution in [0.3, 0.4) is 0 Å². The van der Waals surface area contributed by atoms with Gasteiger partial charge in [-0.3, -0.25) is 0 Å². The first-order chi connectivity index (χ1) is 5.97. The molecule has 0 saturated heterocycles. The molecule has 0 aromatic rings. The molecule has 71 valence electrons. The molecular formula is C6HFeMnN6Na. The fraction of sp³-hybridized carbons (Fsp3) is 0. The molecule has 0 spiro atoms. The molecule has 0 aliphatic carbocycles. The molecule has 0 aromatic heterocycles. The van der Waals surface area contributed by atoms with Crippen LogP contribution in [0.2, 0.25) is 0 Å². The van der Waals surface area contributed by atoms with Crippen LogP contribution in [0.15, 0.2) is 0 Å². The van der Waals surface area contributed by atoms with Crippen molar-refractivity contribution in [3.8, 4) is 29.8 Å². The molecule has 0 aliphatic rings. The Balaban J connectivity index is -0.000000720. The van der Waals surface area contributed by atoms with Crippen molar-refractivity contribution in [1.82, 2.24) is 0 Å². The first-order valence-corrected chi connectivity index (χ1v) is 5.71. The van der Waals surface area contributed by atoms with Gasteiger partial charge < -0.3 is 0 Å². The molecule has 0 heterocycles. The third-order valence-corrected chi connectivity index (χ3v) is 4.89. The minimum atomic E-state index is -6.17. The summed E-state index contributed by atoms with van der Waals surface area (Å²) in [6.07, 6.45) is 0. The average Bonchev–Trinajstić information content (AvgIpc) is 2.26. The van der Waals surface area contributed by atoms with Crippen molar-refractivity contribution < 1.29 is 27.8 Å². The van der Waals surface area contributed by atoms with Crippen molar-refractivity contribution in [2.45, 2.75) is 0 Å². The van der Waals surface area contributed by atoms with Gasteiger partial charge in [0.1, 0.15) is 0 Å². The van der Waals surface area contributed by atoms with Gasteiger partial charge in [0, 0.05) is 17.1 Å². The van der Waals surface area contributed by atoms with Gasteiger partial charge in [-0.2, -0.15) is 0 Å². The Morgan fingerprint density at radius 1 is 0.533 bits per heavy atom. The van der Waals surface area contributed by atoms with Gasteiger partial charge >= 0.3 is 102 Å². The second kappa shape index (κ2) is 4.67. The van der Waals surface area contributed by atoms with E-state index in [0.717, 1.165) is 29.8 Å². The molecule has 0 N–H and O–H groups in total. The van der Waals surface area contributed by atoms with E-state index in [-0.39, 0.29) is 46.6 Å². The average molecular weight is 291 g/mol. The standard InChI is InChI=1S/6CN.Fe.Mn.Na.H/c6*1-2;;;;. The van der Waals surface area contributed by atoms with Crippen LogP contribution in [-0.2, 0) is 27.8 Å². The Bertz CT molecular complexity index is 397. The maximum atomic E-state index is 8.58. The summed E-state index contributed by atoms with van der Waals surface area (Å²) in [6, 6.07) is 0. The van der Waals surface area contributed by atoms with Gasteiger partial charge in [0.05, 0.1) is 0 Å². The molecule has 0 rings (SSSR count). The number of rotatable bonds is 0. The molecule has 0 bridgehead atoms. The van der Waals surface area contributed by atoms with Gasteiger partial charge in [-0.05, 0) is 0 Å². The van der Waals surface area contributed by atoms with Gasteiger partial charge in [0.15, 0.2) is 0 Å². The SMILES string of the molecule is N#[C][Fe]([C]#N)([C]#N)([C]#N)([C]#N)[C]#N.[Mn].[NaH]. The molecule has 0 atom stereocenters. The zero-order valence-corrected chi connectivity index (χ0v) is 8.70. The van der Waals surface area contributed by atoms with Crippen LogP contribution >= 0.6 is 0 Å². The second-order valence-electron chi connectivity index (χ2n) is 1.80. The Morgan fingerprint density at radius 2 is 0.667 bits per heavy atom. The number of hydrogen-bond donors (Lipinski definition) is 0. The first kappa shape index (κ1) is 19.5. The van der Waals surface area contributed by atoms with E-state index in [0.29, 0.717) is 0 Å². The van der Waals surface area contributed by atoms with E-state index in [1.165, 1.54) is 0 Å². The third-order valence-electron chi connectivity index (χ3n) is 1.19. The van der Waals surface area contributed by atoms with Gasteiger partial charge in [0.25, 0.3) is 0 Å². The monoisotopic (exact) mass is 291 g/mol. The predicted molar refractivity (Wildman–Crippen MR) is 40.8 cm³/mol. The normalized spacial score (nSPS) is 11.6. The molecule has 0 amide bonds. The van der Waals surface area contributed by atoms with Crippen molar-refractivity contribution in [3.63, 3.8) is 0 Å². The van der Waals surface area contributed by atoms with Crippen molar-refractivity contribution in [1.29, 1.82) is 31.6 Å². The molecule has 1 radical (unpaired) electrons. The van der Waals surface area contributed by atoms with E-state index < -0.39 is 10.7 Å². The molecule has 0 unspecified atom stereocenters. The van der Waals surface area contributed by atoms with Crippen LogP contribution in [0.5, 0.6) is 0 Å². The van der Waals surface area contributed by atoms with Crippen LogP contribution in [0, 0.1) is 61.4 Å². The summed E-state index contributed by atoms with van der Waals surface area (Å²) < 4.78 is 0. The summed E-state index contributed by atoms with van der Waals surface area (Å²) in [6.45, 7) is 0. The fourth-order valence-electron chi connectivity index (χ4n) is 0.265. The van der Waals surface area contributed by atoms with Gasteiger partial charge in [-0.25, -0.2) is 0 Å². The number of nitrogens with zero attached hydrogens (tertiary/aromatic N) is 6. The minimum absolute atomic E-state index is 0.